The summed E-state index contributed by atoms with van der Waals surface area (Å²) in [4.78, 5) is 10.9. The lowest BCUT2D eigenvalue weighted by Crippen LogP contribution is -2.31. The largest absolute Gasteiger partial charge is 0.486 e. The number of amides is 1. The maximum Gasteiger partial charge on any atom is 0.404 e. The standard InChI is InChI=1S/C17H26BrFN2O3/c1-5-21-9-12-14(7-6-13(19)15(12)18)24-11(8-17(2,3)4)10-23-16(20)22/h6-7,11,21H,5,8-10H2,1-4H3,(H2,20,22). The van der Waals surface area contributed by atoms with Crippen molar-refractivity contribution in [2.75, 3.05) is 13.2 Å². The second-order valence-corrected chi connectivity index (χ2v) is 7.55. The Kier molecular flexibility index (Phi) is 7.96. The van der Waals surface area contributed by atoms with Crippen molar-refractivity contribution < 1.29 is 18.7 Å². The molecule has 0 bridgehead atoms. The van der Waals surface area contributed by atoms with Gasteiger partial charge in [-0.15, -0.1) is 0 Å². The van der Waals surface area contributed by atoms with Gasteiger partial charge in [0.15, 0.2) is 0 Å². The molecule has 1 aromatic rings. The van der Waals surface area contributed by atoms with Crippen LogP contribution in [0.1, 0.15) is 39.7 Å². The number of primary amides is 1. The molecule has 0 saturated carbocycles. The van der Waals surface area contributed by atoms with Crippen LogP contribution in [-0.2, 0) is 11.3 Å². The van der Waals surface area contributed by atoms with Crippen molar-refractivity contribution >= 4 is 22.0 Å². The van der Waals surface area contributed by atoms with E-state index in [-0.39, 0.29) is 23.9 Å². The molecule has 0 saturated heterocycles. The highest BCUT2D eigenvalue weighted by atomic mass is 79.9. The first-order valence-corrected chi connectivity index (χ1v) is 8.69. The van der Waals surface area contributed by atoms with E-state index in [9.17, 15) is 9.18 Å². The second kappa shape index (κ2) is 9.22. The zero-order chi connectivity index (χ0) is 18.3. The number of hydrogen-bond donors (Lipinski definition) is 2. The van der Waals surface area contributed by atoms with Crippen molar-refractivity contribution in [3.63, 3.8) is 0 Å². The fourth-order valence-corrected chi connectivity index (χ4v) is 2.74. The first-order chi connectivity index (χ1) is 11.1. The summed E-state index contributed by atoms with van der Waals surface area (Å²) in [6, 6.07) is 2.94. The number of carbonyl (C=O) groups is 1. The molecule has 1 atom stereocenters. The summed E-state index contributed by atoms with van der Waals surface area (Å²) in [5.74, 6) is 0.197. The minimum absolute atomic E-state index is 0.0369. The molecule has 0 aliphatic carbocycles. The minimum Gasteiger partial charge on any atom is -0.486 e. The Labute approximate surface area is 151 Å². The van der Waals surface area contributed by atoms with Gasteiger partial charge >= 0.3 is 6.09 Å². The first-order valence-electron chi connectivity index (χ1n) is 7.90. The maximum atomic E-state index is 13.8. The summed E-state index contributed by atoms with van der Waals surface area (Å²) < 4.78 is 25.1. The van der Waals surface area contributed by atoms with Gasteiger partial charge in [-0.3, -0.25) is 0 Å². The van der Waals surface area contributed by atoms with Crippen LogP contribution in [0, 0.1) is 11.2 Å². The molecule has 0 fully saturated rings. The Morgan fingerprint density at radius 2 is 2.08 bits per heavy atom. The highest BCUT2D eigenvalue weighted by Gasteiger charge is 2.23. The van der Waals surface area contributed by atoms with Gasteiger partial charge in [-0.25, -0.2) is 9.18 Å². The van der Waals surface area contributed by atoms with Gasteiger partial charge in [-0.05, 0) is 46.4 Å². The first kappa shape index (κ1) is 20.7. The lowest BCUT2D eigenvalue weighted by Gasteiger charge is -2.27. The number of ether oxygens (including phenoxy) is 2. The molecule has 1 rings (SSSR count). The third-order valence-electron chi connectivity index (χ3n) is 3.25. The molecule has 0 heterocycles. The zero-order valence-electron chi connectivity index (χ0n) is 14.6. The number of nitrogens with two attached hydrogens (primary N) is 1. The smallest absolute Gasteiger partial charge is 0.404 e. The van der Waals surface area contributed by atoms with Crippen LogP contribution in [0.25, 0.3) is 0 Å². The topological polar surface area (TPSA) is 73.6 Å². The van der Waals surface area contributed by atoms with Gasteiger partial charge in [0.05, 0.1) is 4.47 Å². The Morgan fingerprint density at radius 3 is 2.62 bits per heavy atom. The summed E-state index contributed by atoms with van der Waals surface area (Å²) in [6.45, 7) is 9.41. The van der Waals surface area contributed by atoms with Crippen molar-refractivity contribution in [1.29, 1.82) is 0 Å². The van der Waals surface area contributed by atoms with Crippen LogP contribution < -0.4 is 15.8 Å². The van der Waals surface area contributed by atoms with E-state index in [2.05, 4.69) is 42.0 Å². The fourth-order valence-electron chi connectivity index (χ4n) is 2.27. The average molecular weight is 405 g/mol. The van der Waals surface area contributed by atoms with Gasteiger partial charge in [0.1, 0.15) is 24.3 Å². The summed E-state index contributed by atoms with van der Waals surface area (Å²) in [5, 5.41) is 3.16. The van der Waals surface area contributed by atoms with Gasteiger partial charge in [0, 0.05) is 12.1 Å². The Balaban J connectivity index is 3.02. The molecule has 0 aliphatic heterocycles. The van der Waals surface area contributed by atoms with Crippen molar-refractivity contribution in [1.82, 2.24) is 5.32 Å². The number of rotatable bonds is 8. The van der Waals surface area contributed by atoms with Crippen LogP contribution in [0.5, 0.6) is 5.75 Å². The van der Waals surface area contributed by atoms with Crippen LogP contribution in [0.2, 0.25) is 0 Å². The second-order valence-electron chi connectivity index (χ2n) is 6.75. The molecule has 0 aromatic heterocycles. The molecular weight excluding hydrogens is 379 g/mol. The lowest BCUT2D eigenvalue weighted by atomic mass is 9.89. The van der Waals surface area contributed by atoms with Crippen LogP contribution in [0.15, 0.2) is 16.6 Å². The van der Waals surface area contributed by atoms with E-state index < -0.39 is 6.09 Å². The molecule has 1 unspecified atom stereocenters. The van der Waals surface area contributed by atoms with Crippen molar-refractivity contribution in [3.05, 3.63) is 28.0 Å². The average Bonchev–Trinajstić information content (AvgIpc) is 2.46. The lowest BCUT2D eigenvalue weighted by molar-refractivity contribution is 0.0623. The van der Waals surface area contributed by atoms with E-state index in [4.69, 9.17) is 15.2 Å². The molecule has 0 aliphatic rings. The van der Waals surface area contributed by atoms with E-state index in [0.717, 1.165) is 6.54 Å². The Morgan fingerprint density at radius 1 is 1.42 bits per heavy atom. The van der Waals surface area contributed by atoms with E-state index >= 15 is 0 Å². The van der Waals surface area contributed by atoms with E-state index in [0.29, 0.717) is 28.8 Å². The van der Waals surface area contributed by atoms with Gasteiger partial charge in [-0.2, -0.15) is 0 Å². The van der Waals surface area contributed by atoms with Crippen LogP contribution in [0.3, 0.4) is 0 Å². The predicted octanol–water partition coefficient (Wildman–Crippen LogP) is 3.98. The molecule has 5 nitrogen and oxygen atoms in total. The predicted molar refractivity (Wildman–Crippen MR) is 95.5 cm³/mol. The van der Waals surface area contributed by atoms with E-state index in [1.807, 2.05) is 6.92 Å². The maximum absolute atomic E-state index is 13.8. The molecule has 0 radical (unpaired) electrons. The van der Waals surface area contributed by atoms with Crippen LogP contribution in [-0.4, -0.2) is 25.3 Å². The molecule has 136 valence electrons. The fraction of sp³-hybridized carbons (Fsp3) is 0.588. The monoisotopic (exact) mass is 404 g/mol. The number of nitrogens with one attached hydrogen (secondary N) is 1. The van der Waals surface area contributed by atoms with Gasteiger partial charge < -0.3 is 20.5 Å². The SMILES string of the molecule is CCNCc1c(OC(COC(N)=O)CC(C)(C)C)ccc(F)c1Br. The number of halogens is 2. The third kappa shape index (κ3) is 7.05. The molecule has 1 amide bonds. The quantitative estimate of drug-likeness (QED) is 0.686. The van der Waals surface area contributed by atoms with Crippen molar-refractivity contribution in [2.24, 2.45) is 11.1 Å². The summed E-state index contributed by atoms with van der Waals surface area (Å²) >= 11 is 3.27. The van der Waals surface area contributed by atoms with Gasteiger partial charge in [-0.1, -0.05) is 27.7 Å². The number of hydrogen-bond acceptors (Lipinski definition) is 4. The number of benzene rings is 1. The highest BCUT2D eigenvalue weighted by molar-refractivity contribution is 9.10. The highest BCUT2D eigenvalue weighted by Crippen LogP contribution is 2.32. The third-order valence-corrected chi connectivity index (χ3v) is 4.11. The van der Waals surface area contributed by atoms with Crippen LogP contribution in [0.4, 0.5) is 9.18 Å². The summed E-state index contributed by atoms with van der Waals surface area (Å²) in [7, 11) is 0. The molecule has 1 aromatic carbocycles. The summed E-state index contributed by atoms with van der Waals surface area (Å²) in [6.07, 6.45) is -0.573. The Bertz CT molecular complexity index is 562. The van der Waals surface area contributed by atoms with Gasteiger partial charge in [0.25, 0.3) is 0 Å². The van der Waals surface area contributed by atoms with Gasteiger partial charge in [0.2, 0.25) is 0 Å². The summed E-state index contributed by atoms with van der Waals surface area (Å²) in [5.41, 5.74) is 5.71. The molecule has 0 spiro atoms. The molecular formula is C17H26BrFN2O3. The van der Waals surface area contributed by atoms with Crippen molar-refractivity contribution in [3.8, 4) is 5.75 Å². The molecule has 24 heavy (non-hydrogen) atoms. The molecule has 3 N–H and O–H groups in total. The van der Waals surface area contributed by atoms with E-state index in [1.165, 1.54) is 6.07 Å². The number of carbonyl (C=O) groups excluding carboxylic acids is 1. The normalized spacial score (nSPS) is 12.8. The van der Waals surface area contributed by atoms with Crippen molar-refractivity contribution in [2.45, 2.75) is 46.8 Å². The zero-order valence-corrected chi connectivity index (χ0v) is 16.2. The minimum atomic E-state index is -0.842. The van der Waals surface area contributed by atoms with E-state index in [1.54, 1.807) is 6.07 Å². The molecule has 7 heteroatoms. The van der Waals surface area contributed by atoms with Crippen LogP contribution >= 0.6 is 15.9 Å². The Hall–Kier alpha value is -1.34.